The van der Waals surface area contributed by atoms with Gasteiger partial charge in [-0.05, 0) is 36.1 Å². The van der Waals surface area contributed by atoms with Crippen molar-refractivity contribution in [2.24, 2.45) is 5.41 Å². The minimum absolute atomic E-state index is 0.105. The number of rotatable bonds is 1. The molecule has 174 valence electrons. The van der Waals surface area contributed by atoms with Gasteiger partial charge in [0.2, 0.25) is 5.91 Å². The molecule has 0 bridgehead atoms. The highest BCUT2D eigenvalue weighted by Crippen LogP contribution is 2.49. The first kappa shape index (κ1) is 24.5. The number of allylic oxidation sites excluding steroid dienone is 1. The molecule has 4 rings (SSSR count). The zero-order valence-electron chi connectivity index (χ0n) is 18.9. The lowest BCUT2D eigenvalue weighted by atomic mass is 9.73. The number of nitrogens with one attached hydrogen (secondary N) is 1. The molecule has 1 unspecified atom stereocenters. The van der Waals surface area contributed by atoms with Crippen LogP contribution in [0.1, 0.15) is 52.1 Å². The third-order valence-electron chi connectivity index (χ3n) is 5.51. The fourth-order valence-corrected chi connectivity index (χ4v) is 4.65. The fourth-order valence-electron chi connectivity index (χ4n) is 4.38. The van der Waals surface area contributed by atoms with Crippen LogP contribution in [-0.4, -0.2) is 22.8 Å². The van der Waals surface area contributed by atoms with E-state index in [1.807, 2.05) is 32.0 Å². The Morgan fingerprint density at radius 3 is 2.36 bits per heavy atom. The number of carbonyl (C=O) groups is 3. The maximum absolute atomic E-state index is 15.0. The Kier molecular flexibility index (Phi) is 6.93. The van der Waals surface area contributed by atoms with Crippen molar-refractivity contribution in [3.63, 3.8) is 0 Å². The number of halogens is 2. The van der Waals surface area contributed by atoms with Crippen molar-refractivity contribution in [1.82, 2.24) is 0 Å². The lowest BCUT2D eigenvalue weighted by Crippen LogP contribution is -2.39. The lowest BCUT2D eigenvalue weighted by molar-refractivity contribution is -0.134. The number of carboxylic acids is 1. The lowest BCUT2D eigenvalue weighted by Gasteiger charge is -2.37. The van der Waals surface area contributed by atoms with Gasteiger partial charge in [-0.25, -0.2) is 4.39 Å². The summed E-state index contributed by atoms with van der Waals surface area (Å²) in [5.41, 5.74) is 2.31. The molecule has 0 saturated heterocycles. The Balaban J connectivity index is 0.000000709. The van der Waals surface area contributed by atoms with E-state index in [2.05, 4.69) is 5.32 Å². The Hall–Kier alpha value is -3.19. The van der Waals surface area contributed by atoms with Crippen molar-refractivity contribution in [3.8, 4) is 0 Å². The number of aliphatic carboxylic acids is 1. The molecule has 2 aromatic rings. The van der Waals surface area contributed by atoms with Crippen LogP contribution in [-0.2, 0) is 14.4 Å². The molecule has 1 amide bonds. The van der Waals surface area contributed by atoms with Gasteiger partial charge in [0.15, 0.2) is 5.78 Å². The molecule has 1 heterocycles. The summed E-state index contributed by atoms with van der Waals surface area (Å²) < 4.78 is 15.0. The smallest absolute Gasteiger partial charge is 0.300 e. The molecule has 2 aliphatic rings. The highest BCUT2D eigenvalue weighted by Gasteiger charge is 2.44. The summed E-state index contributed by atoms with van der Waals surface area (Å²) in [5, 5.41) is 11.0. The minimum Gasteiger partial charge on any atom is -0.481 e. The number of hydrogen-bond donors (Lipinski definition) is 2. The van der Waals surface area contributed by atoms with E-state index < -0.39 is 17.8 Å². The van der Waals surface area contributed by atoms with Crippen LogP contribution in [0.4, 0.5) is 15.8 Å². The summed E-state index contributed by atoms with van der Waals surface area (Å²) in [4.78, 5) is 36.6. The number of ketones is 1. The summed E-state index contributed by atoms with van der Waals surface area (Å²) in [7, 11) is 0. The van der Waals surface area contributed by atoms with Crippen LogP contribution >= 0.6 is 11.6 Å². The largest absolute Gasteiger partial charge is 0.481 e. The van der Waals surface area contributed by atoms with Gasteiger partial charge in [-0.3, -0.25) is 19.3 Å². The van der Waals surface area contributed by atoms with Gasteiger partial charge in [0.1, 0.15) is 5.82 Å². The van der Waals surface area contributed by atoms with Gasteiger partial charge >= 0.3 is 0 Å². The molecule has 0 spiro atoms. The molecule has 0 fully saturated rings. The second-order valence-electron chi connectivity index (χ2n) is 8.92. The van der Waals surface area contributed by atoms with Gasteiger partial charge in [-0.2, -0.15) is 0 Å². The van der Waals surface area contributed by atoms with E-state index in [1.54, 1.807) is 12.1 Å². The summed E-state index contributed by atoms with van der Waals surface area (Å²) in [6.07, 6.45) is 0.925. The molecule has 33 heavy (non-hydrogen) atoms. The number of carboxylic acid groups (broad SMARTS) is 1. The van der Waals surface area contributed by atoms with Crippen LogP contribution in [0.2, 0.25) is 5.02 Å². The second kappa shape index (κ2) is 9.35. The highest BCUT2D eigenvalue weighted by molar-refractivity contribution is 6.31. The van der Waals surface area contributed by atoms with Crippen molar-refractivity contribution >= 4 is 40.6 Å². The number of benzene rings is 2. The van der Waals surface area contributed by atoms with Gasteiger partial charge in [-0.1, -0.05) is 43.6 Å². The number of Topliss-reactive ketones (excluding diaryl/α,β-unsaturated/α-hetero) is 1. The normalized spacial score (nSPS) is 18.8. The molecule has 2 N–H and O–H groups in total. The Labute approximate surface area is 197 Å². The first-order valence-electron chi connectivity index (χ1n) is 10.5. The van der Waals surface area contributed by atoms with E-state index in [0.717, 1.165) is 6.92 Å². The van der Waals surface area contributed by atoms with Crippen LogP contribution in [0.25, 0.3) is 0 Å². The van der Waals surface area contributed by atoms with Crippen LogP contribution in [0, 0.1) is 11.2 Å². The number of nitrogens with zero attached hydrogens (tertiary/aromatic N) is 1. The standard InChI is InChI=1S/C23H22ClFN2O2.C2H4O2/c1-13(28)27-18-10-5-4-9-16(18)26-17-11-23(2,3)12-19(29)21(17)22(27)20-14(24)7-6-8-15(20)25;1-2(3)4/h4-10,22,26H,11-12H2,1-3H3;1H3,(H,3,4). The maximum Gasteiger partial charge on any atom is 0.300 e. The molecule has 0 aromatic heterocycles. The summed E-state index contributed by atoms with van der Waals surface area (Å²) >= 11 is 6.42. The predicted octanol–water partition coefficient (Wildman–Crippen LogP) is 5.73. The third-order valence-corrected chi connectivity index (χ3v) is 5.84. The molecular weight excluding hydrogens is 447 g/mol. The first-order valence-corrected chi connectivity index (χ1v) is 10.9. The fraction of sp³-hybridized carbons (Fsp3) is 0.320. The number of para-hydroxylation sites is 2. The third kappa shape index (κ3) is 5.09. The molecule has 1 atom stereocenters. The number of anilines is 2. The second-order valence-corrected chi connectivity index (χ2v) is 9.33. The Morgan fingerprint density at radius 1 is 1.12 bits per heavy atom. The van der Waals surface area contributed by atoms with E-state index in [0.29, 0.717) is 35.5 Å². The Morgan fingerprint density at radius 2 is 1.76 bits per heavy atom. The average molecular weight is 473 g/mol. The average Bonchev–Trinajstić information content (AvgIpc) is 2.80. The van der Waals surface area contributed by atoms with E-state index in [4.69, 9.17) is 21.5 Å². The maximum atomic E-state index is 15.0. The zero-order valence-corrected chi connectivity index (χ0v) is 19.7. The minimum atomic E-state index is -0.934. The zero-order chi connectivity index (χ0) is 24.5. The van der Waals surface area contributed by atoms with Gasteiger partial charge in [-0.15, -0.1) is 0 Å². The van der Waals surface area contributed by atoms with E-state index in [1.165, 1.54) is 24.0 Å². The molecule has 2 aromatic carbocycles. The molecular formula is C25H26ClFN2O4. The molecule has 8 heteroatoms. The molecule has 1 aliphatic carbocycles. The van der Waals surface area contributed by atoms with Crippen LogP contribution in [0.5, 0.6) is 0 Å². The van der Waals surface area contributed by atoms with Gasteiger partial charge in [0.25, 0.3) is 5.97 Å². The topological polar surface area (TPSA) is 86.7 Å². The molecule has 0 saturated carbocycles. The van der Waals surface area contributed by atoms with Gasteiger partial charge in [0.05, 0.1) is 17.4 Å². The van der Waals surface area contributed by atoms with Crippen molar-refractivity contribution in [2.45, 2.75) is 46.6 Å². The van der Waals surface area contributed by atoms with Crippen molar-refractivity contribution in [2.75, 3.05) is 10.2 Å². The summed E-state index contributed by atoms with van der Waals surface area (Å²) in [6, 6.07) is 10.8. The highest BCUT2D eigenvalue weighted by atomic mass is 35.5. The van der Waals surface area contributed by atoms with Crippen molar-refractivity contribution in [3.05, 3.63) is 70.1 Å². The number of fused-ring (bicyclic) bond motifs is 1. The molecule has 0 radical (unpaired) electrons. The van der Waals surface area contributed by atoms with E-state index >= 15 is 4.39 Å². The summed E-state index contributed by atoms with van der Waals surface area (Å²) in [6.45, 7) is 6.56. The molecule has 1 aliphatic heterocycles. The SMILES string of the molecule is CC(=O)N1c2ccccc2NC2=C(C(=O)CC(C)(C)C2)C1c1c(F)cccc1Cl.CC(=O)O. The predicted molar refractivity (Wildman–Crippen MR) is 126 cm³/mol. The van der Waals surface area contributed by atoms with Gasteiger partial charge in [0, 0.05) is 42.1 Å². The van der Waals surface area contributed by atoms with Crippen molar-refractivity contribution < 1.29 is 23.9 Å². The summed E-state index contributed by atoms with van der Waals surface area (Å²) in [5.74, 6) is -1.78. The first-order chi connectivity index (χ1) is 15.4. The number of hydrogen-bond acceptors (Lipinski definition) is 4. The number of amides is 1. The van der Waals surface area contributed by atoms with Crippen molar-refractivity contribution in [1.29, 1.82) is 0 Å². The van der Waals surface area contributed by atoms with E-state index in [9.17, 15) is 9.59 Å². The quantitative estimate of drug-likeness (QED) is 0.553. The Bertz CT molecular complexity index is 1130. The molecule has 6 nitrogen and oxygen atoms in total. The van der Waals surface area contributed by atoms with Crippen LogP contribution in [0.15, 0.2) is 53.7 Å². The van der Waals surface area contributed by atoms with Gasteiger partial charge < -0.3 is 10.4 Å². The number of carbonyl (C=O) groups excluding carboxylic acids is 2. The van der Waals surface area contributed by atoms with E-state index in [-0.39, 0.29) is 27.7 Å². The van der Waals surface area contributed by atoms with Crippen LogP contribution in [0.3, 0.4) is 0 Å². The monoisotopic (exact) mass is 472 g/mol. The van der Waals surface area contributed by atoms with Crippen LogP contribution < -0.4 is 10.2 Å².